The zero-order chi connectivity index (χ0) is 22.1. The van der Waals surface area contributed by atoms with Gasteiger partial charge in [-0.3, -0.25) is 24.1 Å². The van der Waals surface area contributed by atoms with Crippen LogP contribution in [0.25, 0.3) is 0 Å². The molecule has 0 bridgehead atoms. The molecule has 160 valence electrons. The molecule has 2 aromatic carbocycles. The van der Waals surface area contributed by atoms with Crippen molar-refractivity contribution in [3.05, 3.63) is 65.2 Å². The Hall–Kier alpha value is -3.68. The summed E-state index contributed by atoms with van der Waals surface area (Å²) in [5.74, 6) is -1.25. The monoisotopic (exact) mass is 420 g/mol. The number of piperazine rings is 1. The molecule has 0 aromatic heterocycles. The van der Waals surface area contributed by atoms with Crippen molar-refractivity contribution in [3.63, 3.8) is 0 Å². The van der Waals surface area contributed by atoms with Gasteiger partial charge in [-0.2, -0.15) is 0 Å². The van der Waals surface area contributed by atoms with Gasteiger partial charge in [-0.25, -0.2) is 0 Å². The Kier molecular flexibility index (Phi) is 5.46. The van der Waals surface area contributed by atoms with Crippen molar-refractivity contribution in [1.82, 2.24) is 14.7 Å². The summed E-state index contributed by atoms with van der Waals surface area (Å²) in [5.41, 5.74) is 2.28. The van der Waals surface area contributed by atoms with Crippen molar-refractivity contribution < 1.29 is 19.2 Å². The summed E-state index contributed by atoms with van der Waals surface area (Å²) in [6.07, 6.45) is 0. The fraction of sp³-hybridized carbons (Fsp3) is 0.304. The number of carbonyl (C=O) groups is 4. The molecule has 0 unspecified atom stereocenters. The van der Waals surface area contributed by atoms with E-state index in [0.29, 0.717) is 42.9 Å². The number of amides is 4. The van der Waals surface area contributed by atoms with E-state index in [-0.39, 0.29) is 18.4 Å². The molecule has 2 aromatic rings. The van der Waals surface area contributed by atoms with E-state index in [9.17, 15) is 19.2 Å². The normalized spacial score (nSPS) is 15.9. The summed E-state index contributed by atoms with van der Waals surface area (Å²) < 4.78 is 0. The summed E-state index contributed by atoms with van der Waals surface area (Å²) in [5, 5.41) is 0. The molecule has 8 heteroatoms. The maximum atomic E-state index is 12.8. The Morgan fingerprint density at radius 2 is 1.32 bits per heavy atom. The molecule has 0 radical (unpaired) electrons. The van der Waals surface area contributed by atoms with Gasteiger partial charge in [0.25, 0.3) is 17.7 Å². The number of benzene rings is 2. The van der Waals surface area contributed by atoms with Crippen LogP contribution in [-0.2, 0) is 4.79 Å². The molecular weight excluding hydrogens is 396 g/mol. The van der Waals surface area contributed by atoms with Crippen LogP contribution in [0.4, 0.5) is 5.69 Å². The number of carbonyl (C=O) groups excluding carboxylic acids is 4. The van der Waals surface area contributed by atoms with E-state index in [4.69, 9.17) is 0 Å². The van der Waals surface area contributed by atoms with Crippen molar-refractivity contribution in [2.75, 3.05) is 51.7 Å². The lowest BCUT2D eigenvalue weighted by atomic mass is 10.1. The lowest BCUT2D eigenvalue weighted by Crippen LogP contribution is -2.53. The van der Waals surface area contributed by atoms with Gasteiger partial charge in [-0.05, 0) is 36.4 Å². The van der Waals surface area contributed by atoms with Crippen molar-refractivity contribution in [2.45, 2.75) is 0 Å². The standard InChI is InChI=1S/C23H24N4O4/c1-24(2)17-9-7-16(8-10-17)21(29)26-13-11-25(12-14-26)20(28)15-27-22(30)18-5-3-4-6-19(18)23(27)31/h3-10H,11-15H2,1-2H3. The number of rotatable bonds is 4. The molecule has 0 spiro atoms. The summed E-state index contributed by atoms with van der Waals surface area (Å²) in [6.45, 7) is 1.25. The molecule has 0 N–H and O–H groups in total. The lowest BCUT2D eigenvalue weighted by Gasteiger charge is -2.35. The average molecular weight is 420 g/mol. The Labute approximate surface area is 180 Å². The maximum absolute atomic E-state index is 12.8. The van der Waals surface area contributed by atoms with Crippen LogP contribution in [0.5, 0.6) is 0 Å². The number of hydrogen-bond donors (Lipinski definition) is 0. The second-order valence-corrected chi connectivity index (χ2v) is 7.86. The minimum Gasteiger partial charge on any atom is -0.378 e. The molecule has 1 fully saturated rings. The van der Waals surface area contributed by atoms with Gasteiger partial charge in [0.05, 0.1) is 11.1 Å². The van der Waals surface area contributed by atoms with Crippen molar-refractivity contribution in [1.29, 1.82) is 0 Å². The Morgan fingerprint density at radius 3 is 1.84 bits per heavy atom. The van der Waals surface area contributed by atoms with Crippen molar-refractivity contribution >= 4 is 29.3 Å². The fourth-order valence-electron chi connectivity index (χ4n) is 3.86. The van der Waals surface area contributed by atoms with E-state index in [1.165, 1.54) is 0 Å². The van der Waals surface area contributed by atoms with E-state index >= 15 is 0 Å². The van der Waals surface area contributed by atoms with Crippen LogP contribution in [-0.4, -0.2) is 85.1 Å². The first-order chi connectivity index (χ1) is 14.9. The maximum Gasteiger partial charge on any atom is 0.262 e. The van der Waals surface area contributed by atoms with Gasteiger partial charge in [-0.15, -0.1) is 0 Å². The van der Waals surface area contributed by atoms with Gasteiger partial charge >= 0.3 is 0 Å². The molecule has 1 saturated heterocycles. The number of anilines is 1. The minimum atomic E-state index is -0.441. The first kappa shape index (κ1) is 20.6. The number of imide groups is 1. The third kappa shape index (κ3) is 3.88. The largest absolute Gasteiger partial charge is 0.378 e. The van der Waals surface area contributed by atoms with Gasteiger partial charge in [0.1, 0.15) is 6.54 Å². The number of hydrogen-bond acceptors (Lipinski definition) is 5. The molecule has 4 amide bonds. The zero-order valence-electron chi connectivity index (χ0n) is 17.6. The quantitative estimate of drug-likeness (QED) is 0.698. The van der Waals surface area contributed by atoms with Crippen LogP contribution in [0.2, 0.25) is 0 Å². The van der Waals surface area contributed by atoms with Gasteiger partial charge in [0.15, 0.2) is 0 Å². The van der Waals surface area contributed by atoms with Gasteiger partial charge < -0.3 is 14.7 Å². The van der Waals surface area contributed by atoms with Crippen LogP contribution in [0.3, 0.4) is 0 Å². The Balaban J connectivity index is 1.34. The smallest absolute Gasteiger partial charge is 0.262 e. The molecule has 31 heavy (non-hydrogen) atoms. The topological polar surface area (TPSA) is 81.2 Å². The Morgan fingerprint density at radius 1 is 0.806 bits per heavy atom. The summed E-state index contributed by atoms with van der Waals surface area (Å²) >= 11 is 0. The summed E-state index contributed by atoms with van der Waals surface area (Å²) in [7, 11) is 3.88. The second kappa shape index (κ2) is 8.22. The molecule has 0 saturated carbocycles. The molecule has 2 aliphatic heterocycles. The van der Waals surface area contributed by atoms with Crippen LogP contribution < -0.4 is 4.90 Å². The molecule has 0 atom stereocenters. The molecule has 4 rings (SSSR count). The van der Waals surface area contributed by atoms with E-state index < -0.39 is 11.8 Å². The minimum absolute atomic E-state index is 0.0715. The molecule has 0 aliphatic carbocycles. The van der Waals surface area contributed by atoms with E-state index in [1.54, 1.807) is 46.2 Å². The highest BCUT2D eigenvalue weighted by Gasteiger charge is 2.37. The predicted molar refractivity (Wildman–Crippen MR) is 115 cm³/mol. The molecular formula is C23H24N4O4. The summed E-state index contributed by atoms with van der Waals surface area (Å²) in [6, 6.07) is 14.0. The highest BCUT2D eigenvalue weighted by molar-refractivity contribution is 6.22. The molecule has 2 heterocycles. The molecule has 2 aliphatic rings. The fourth-order valence-corrected chi connectivity index (χ4v) is 3.86. The third-order valence-corrected chi connectivity index (χ3v) is 5.72. The van der Waals surface area contributed by atoms with E-state index in [1.807, 2.05) is 31.1 Å². The first-order valence-electron chi connectivity index (χ1n) is 10.2. The van der Waals surface area contributed by atoms with Gasteiger partial charge in [0.2, 0.25) is 5.91 Å². The van der Waals surface area contributed by atoms with Crippen LogP contribution >= 0.6 is 0 Å². The van der Waals surface area contributed by atoms with Crippen molar-refractivity contribution in [2.24, 2.45) is 0 Å². The zero-order valence-corrected chi connectivity index (χ0v) is 17.6. The van der Waals surface area contributed by atoms with E-state index in [0.717, 1.165) is 10.6 Å². The second-order valence-electron chi connectivity index (χ2n) is 7.86. The van der Waals surface area contributed by atoms with Crippen molar-refractivity contribution in [3.8, 4) is 0 Å². The van der Waals surface area contributed by atoms with Crippen LogP contribution in [0.1, 0.15) is 31.1 Å². The lowest BCUT2D eigenvalue weighted by molar-refractivity contribution is -0.132. The first-order valence-corrected chi connectivity index (χ1v) is 10.2. The van der Waals surface area contributed by atoms with E-state index in [2.05, 4.69) is 0 Å². The number of nitrogens with zero attached hydrogens (tertiary/aromatic N) is 4. The predicted octanol–water partition coefficient (Wildman–Crippen LogP) is 1.33. The molecule has 8 nitrogen and oxygen atoms in total. The SMILES string of the molecule is CN(C)c1ccc(C(=O)N2CCN(C(=O)CN3C(=O)c4ccccc4C3=O)CC2)cc1. The Bertz CT molecular complexity index is 1000. The van der Waals surface area contributed by atoms with Crippen LogP contribution in [0.15, 0.2) is 48.5 Å². The van der Waals surface area contributed by atoms with Gasteiger partial charge in [0, 0.05) is 51.5 Å². The average Bonchev–Trinajstić information content (AvgIpc) is 3.03. The van der Waals surface area contributed by atoms with Crippen LogP contribution in [0, 0.1) is 0 Å². The number of fused-ring (bicyclic) bond motifs is 1. The van der Waals surface area contributed by atoms with Gasteiger partial charge in [-0.1, -0.05) is 12.1 Å². The highest BCUT2D eigenvalue weighted by Crippen LogP contribution is 2.22. The highest BCUT2D eigenvalue weighted by atomic mass is 16.2. The third-order valence-electron chi connectivity index (χ3n) is 5.72. The summed E-state index contributed by atoms with van der Waals surface area (Å²) in [4.78, 5) is 56.7.